The molecule has 0 fully saturated rings. The fourth-order valence-corrected chi connectivity index (χ4v) is 10.1. The van der Waals surface area contributed by atoms with Crippen LogP contribution < -0.4 is 26.2 Å². The third kappa shape index (κ3) is 4.55. The Morgan fingerprint density at radius 3 is 1.12 bits per heavy atom. The maximum Gasteiger partial charge on any atom is 0.253 e. The van der Waals surface area contributed by atoms with Gasteiger partial charge in [-0.15, -0.1) is 0 Å². The summed E-state index contributed by atoms with van der Waals surface area (Å²) in [6.07, 6.45) is 0. The highest BCUT2D eigenvalue weighted by Gasteiger charge is 2.46. The lowest BCUT2D eigenvalue weighted by Gasteiger charge is -2.45. The van der Waals surface area contributed by atoms with Crippen molar-refractivity contribution in [3.05, 3.63) is 200 Å². The maximum absolute atomic E-state index is 6.80. The normalized spacial score (nSPS) is 13.0. The van der Waals surface area contributed by atoms with Crippen LogP contribution in [0.4, 0.5) is 34.1 Å². The molecule has 59 heavy (non-hydrogen) atoms. The van der Waals surface area contributed by atoms with E-state index in [-0.39, 0.29) is 6.71 Å². The average Bonchev–Trinajstić information content (AvgIpc) is 3.88. The Balaban J connectivity index is 1.19. The largest absolute Gasteiger partial charge is 0.455 e. The number of anilines is 6. The standard InChI is InChI=1S/C54H33BN2O2/c1-3-16-34(17-4-1)56-44-28-13-22-38(42-26-11-24-40-36-20-7-9-32-48(36)58-53(40)42)50(44)55-51-39(43-27-12-25-41-37-21-8-10-33-49(37)59-54(41)43)23-14-29-45(51)57(35-18-5-2-6-19-35)47-31-15-30-46(56)52(47)55/h1-33H. The Kier molecular flexibility index (Phi) is 6.78. The van der Waals surface area contributed by atoms with Crippen LogP contribution in [0.2, 0.25) is 0 Å². The Morgan fingerprint density at radius 1 is 0.288 bits per heavy atom. The van der Waals surface area contributed by atoms with E-state index in [1.807, 2.05) is 12.1 Å². The molecular weight excluding hydrogens is 719 g/mol. The fraction of sp³-hybridized carbons (Fsp3) is 0. The molecule has 274 valence electrons. The molecule has 4 heterocycles. The van der Waals surface area contributed by atoms with Gasteiger partial charge in [0.25, 0.3) is 6.71 Å². The quantitative estimate of drug-likeness (QED) is 0.168. The molecule has 0 bridgehead atoms. The van der Waals surface area contributed by atoms with Crippen LogP contribution in [-0.2, 0) is 0 Å². The SMILES string of the molecule is c1ccc(N2c3cccc(-c4cccc5c4oc4ccccc45)c3B3c4c(-c5cccc6c5oc5ccccc56)cccc4N(c4ccccc4)c4cccc2c43)cc1. The van der Waals surface area contributed by atoms with Crippen molar-refractivity contribution in [2.45, 2.75) is 0 Å². The molecule has 0 unspecified atom stereocenters. The van der Waals surface area contributed by atoms with Gasteiger partial charge in [0.15, 0.2) is 0 Å². The molecular formula is C54H33BN2O2. The molecule has 0 spiro atoms. The van der Waals surface area contributed by atoms with E-state index in [0.717, 1.165) is 100 Å². The molecule has 2 aromatic heterocycles. The van der Waals surface area contributed by atoms with Gasteiger partial charge in [0.2, 0.25) is 0 Å². The summed E-state index contributed by atoms with van der Waals surface area (Å²) in [6.45, 7) is -0.155. The van der Waals surface area contributed by atoms with Gasteiger partial charge in [-0.05, 0) is 88.2 Å². The number of hydrogen-bond acceptors (Lipinski definition) is 4. The molecule has 0 saturated carbocycles. The number of hydrogen-bond donors (Lipinski definition) is 0. The molecule has 9 aromatic carbocycles. The molecule has 13 rings (SSSR count). The first-order valence-electron chi connectivity index (χ1n) is 20.2. The van der Waals surface area contributed by atoms with Crippen LogP contribution in [0.15, 0.2) is 209 Å². The first-order valence-corrected chi connectivity index (χ1v) is 20.2. The van der Waals surface area contributed by atoms with Gasteiger partial charge in [-0.25, -0.2) is 0 Å². The molecule has 4 nitrogen and oxygen atoms in total. The molecule has 2 aliphatic rings. The Labute approximate surface area is 340 Å². The van der Waals surface area contributed by atoms with Crippen molar-refractivity contribution in [1.82, 2.24) is 0 Å². The topological polar surface area (TPSA) is 32.8 Å². The summed E-state index contributed by atoms with van der Waals surface area (Å²) in [7, 11) is 0. The van der Waals surface area contributed by atoms with E-state index in [1.165, 1.54) is 16.4 Å². The zero-order chi connectivity index (χ0) is 38.6. The average molecular weight is 753 g/mol. The van der Waals surface area contributed by atoms with Gasteiger partial charge in [0.1, 0.15) is 22.3 Å². The van der Waals surface area contributed by atoms with Crippen LogP contribution in [-0.4, -0.2) is 6.71 Å². The van der Waals surface area contributed by atoms with Crippen molar-refractivity contribution >= 4 is 101 Å². The van der Waals surface area contributed by atoms with Crippen molar-refractivity contribution in [1.29, 1.82) is 0 Å². The molecule has 0 N–H and O–H groups in total. The smallest absolute Gasteiger partial charge is 0.253 e. The second-order valence-corrected chi connectivity index (χ2v) is 15.5. The molecule has 0 radical (unpaired) electrons. The molecule has 5 heteroatoms. The van der Waals surface area contributed by atoms with E-state index in [0.29, 0.717) is 0 Å². The molecule has 0 atom stereocenters. The lowest BCUT2D eigenvalue weighted by molar-refractivity contribution is 0.669. The minimum absolute atomic E-state index is 0.155. The number of para-hydroxylation sites is 6. The van der Waals surface area contributed by atoms with Crippen LogP contribution in [0.1, 0.15) is 0 Å². The summed E-state index contributed by atoms with van der Waals surface area (Å²) in [5.74, 6) is 0. The third-order valence-corrected chi connectivity index (χ3v) is 12.5. The zero-order valence-electron chi connectivity index (χ0n) is 31.8. The molecule has 0 aliphatic carbocycles. The molecule has 0 amide bonds. The van der Waals surface area contributed by atoms with Gasteiger partial charge >= 0.3 is 0 Å². The number of nitrogens with zero attached hydrogens (tertiary/aromatic N) is 2. The van der Waals surface area contributed by atoms with Crippen LogP contribution in [0, 0.1) is 0 Å². The first kappa shape index (κ1) is 32.3. The predicted molar refractivity (Wildman–Crippen MR) is 246 cm³/mol. The summed E-state index contributed by atoms with van der Waals surface area (Å²) >= 11 is 0. The highest BCUT2D eigenvalue weighted by Crippen LogP contribution is 2.47. The van der Waals surface area contributed by atoms with E-state index in [1.54, 1.807) is 0 Å². The first-order chi connectivity index (χ1) is 29.3. The van der Waals surface area contributed by atoms with Gasteiger partial charge < -0.3 is 18.6 Å². The van der Waals surface area contributed by atoms with E-state index in [4.69, 9.17) is 8.83 Å². The number of benzene rings is 9. The molecule has 11 aromatic rings. The van der Waals surface area contributed by atoms with Gasteiger partial charge in [0, 0.05) is 66.8 Å². The number of rotatable bonds is 4. The zero-order valence-corrected chi connectivity index (χ0v) is 31.8. The second kappa shape index (κ2) is 12.4. The summed E-state index contributed by atoms with van der Waals surface area (Å²) in [5, 5.41) is 4.47. The highest BCUT2D eigenvalue weighted by atomic mass is 16.3. The van der Waals surface area contributed by atoms with Gasteiger partial charge in [-0.3, -0.25) is 0 Å². The van der Waals surface area contributed by atoms with E-state index < -0.39 is 0 Å². The van der Waals surface area contributed by atoms with Crippen molar-refractivity contribution in [2.24, 2.45) is 0 Å². The van der Waals surface area contributed by atoms with E-state index >= 15 is 0 Å². The summed E-state index contributed by atoms with van der Waals surface area (Å²) < 4.78 is 13.6. The second-order valence-electron chi connectivity index (χ2n) is 15.5. The van der Waals surface area contributed by atoms with Crippen molar-refractivity contribution in [2.75, 3.05) is 9.80 Å². The van der Waals surface area contributed by atoms with Gasteiger partial charge in [0.05, 0.1) is 0 Å². The van der Waals surface area contributed by atoms with Crippen LogP contribution >= 0.6 is 0 Å². The Bertz CT molecular complexity index is 3250. The van der Waals surface area contributed by atoms with Crippen LogP contribution in [0.3, 0.4) is 0 Å². The minimum Gasteiger partial charge on any atom is -0.455 e. The lowest BCUT2D eigenvalue weighted by atomic mass is 9.32. The summed E-state index contributed by atoms with van der Waals surface area (Å²) in [4.78, 5) is 4.92. The van der Waals surface area contributed by atoms with Gasteiger partial charge in [-0.1, -0.05) is 140 Å². The molecule has 2 aliphatic heterocycles. The minimum atomic E-state index is -0.155. The highest BCUT2D eigenvalue weighted by molar-refractivity contribution is 7.02. The maximum atomic E-state index is 6.80. The lowest BCUT2D eigenvalue weighted by Crippen LogP contribution is -2.62. The van der Waals surface area contributed by atoms with Crippen molar-refractivity contribution in [3.63, 3.8) is 0 Å². The number of fused-ring (bicyclic) bond motifs is 10. The van der Waals surface area contributed by atoms with Crippen LogP contribution in [0.25, 0.3) is 66.1 Å². The summed E-state index contributed by atoms with van der Waals surface area (Å²) in [6, 6.07) is 71.9. The fourth-order valence-electron chi connectivity index (χ4n) is 10.1. The van der Waals surface area contributed by atoms with Crippen LogP contribution in [0.5, 0.6) is 0 Å². The monoisotopic (exact) mass is 752 g/mol. The summed E-state index contributed by atoms with van der Waals surface area (Å²) in [5.41, 5.74) is 18.6. The predicted octanol–water partition coefficient (Wildman–Crippen LogP) is 12.9. The molecule has 0 saturated heterocycles. The third-order valence-electron chi connectivity index (χ3n) is 12.5. The van der Waals surface area contributed by atoms with Crippen molar-refractivity contribution in [3.8, 4) is 22.3 Å². The Morgan fingerprint density at radius 2 is 0.644 bits per heavy atom. The van der Waals surface area contributed by atoms with E-state index in [9.17, 15) is 0 Å². The van der Waals surface area contributed by atoms with Gasteiger partial charge in [-0.2, -0.15) is 0 Å². The van der Waals surface area contributed by atoms with E-state index in [2.05, 4.69) is 198 Å². The van der Waals surface area contributed by atoms with Crippen molar-refractivity contribution < 1.29 is 8.83 Å². The number of furan rings is 2. The Hall–Kier alpha value is -7.76.